The van der Waals surface area contributed by atoms with E-state index in [-0.39, 0.29) is 0 Å². The molecule has 2 rings (SSSR count). The monoisotopic (exact) mass is 209 g/mol. The van der Waals surface area contributed by atoms with Gasteiger partial charge in [0.15, 0.2) is 0 Å². The van der Waals surface area contributed by atoms with Gasteiger partial charge in [0.05, 0.1) is 0 Å². The van der Waals surface area contributed by atoms with E-state index in [0.29, 0.717) is 11.7 Å². The van der Waals surface area contributed by atoms with Crippen molar-refractivity contribution in [1.82, 2.24) is 4.90 Å². The van der Waals surface area contributed by atoms with Crippen LogP contribution in [0.1, 0.15) is 51.4 Å². The van der Waals surface area contributed by atoms with Crippen LogP contribution in [-0.4, -0.2) is 30.3 Å². The fourth-order valence-corrected chi connectivity index (χ4v) is 2.88. The number of hydrogen-bond donors (Lipinski definition) is 0. The maximum atomic E-state index is 11.9. The van der Waals surface area contributed by atoms with E-state index in [1.54, 1.807) is 0 Å². The molecule has 1 heterocycles. The number of hydrogen-bond acceptors (Lipinski definition) is 2. The number of carbonyl (C=O) groups excluding carboxylic acids is 1. The van der Waals surface area contributed by atoms with Crippen molar-refractivity contribution in [1.29, 1.82) is 0 Å². The lowest BCUT2D eigenvalue weighted by atomic mass is 9.97. The maximum Gasteiger partial charge on any atom is 0.137 e. The van der Waals surface area contributed by atoms with Crippen LogP contribution in [0.3, 0.4) is 0 Å². The average molecular weight is 209 g/mol. The summed E-state index contributed by atoms with van der Waals surface area (Å²) in [5.74, 6) is 0.906. The van der Waals surface area contributed by atoms with E-state index in [4.69, 9.17) is 0 Å². The molecule has 0 amide bonds. The first-order valence-electron chi connectivity index (χ1n) is 6.61. The van der Waals surface area contributed by atoms with Gasteiger partial charge < -0.3 is 4.90 Å². The Morgan fingerprint density at radius 2 is 1.73 bits per heavy atom. The van der Waals surface area contributed by atoms with Crippen molar-refractivity contribution in [2.45, 2.75) is 51.4 Å². The molecule has 0 unspecified atom stereocenters. The van der Waals surface area contributed by atoms with Gasteiger partial charge in [-0.1, -0.05) is 19.3 Å². The molecule has 2 nitrogen and oxygen atoms in total. The highest BCUT2D eigenvalue weighted by Gasteiger charge is 2.23. The van der Waals surface area contributed by atoms with Gasteiger partial charge in [-0.15, -0.1) is 0 Å². The van der Waals surface area contributed by atoms with Crippen molar-refractivity contribution < 1.29 is 4.79 Å². The van der Waals surface area contributed by atoms with Gasteiger partial charge in [0, 0.05) is 18.9 Å². The van der Waals surface area contributed by atoms with Gasteiger partial charge in [-0.3, -0.25) is 4.79 Å². The normalized spacial score (nSPS) is 30.1. The van der Waals surface area contributed by atoms with Crippen LogP contribution >= 0.6 is 0 Å². The zero-order chi connectivity index (χ0) is 10.5. The minimum atomic E-state index is 0.366. The number of piperidine rings is 1. The molecule has 15 heavy (non-hydrogen) atoms. The van der Waals surface area contributed by atoms with Crippen LogP contribution in [0.2, 0.25) is 0 Å². The molecule has 86 valence electrons. The summed E-state index contributed by atoms with van der Waals surface area (Å²) < 4.78 is 0. The minimum Gasteiger partial charge on any atom is -0.303 e. The Morgan fingerprint density at radius 3 is 2.53 bits per heavy atom. The summed E-state index contributed by atoms with van der Waals surface area (Å²) >= 11 is 0. The van der Waals surface area contributed by atoms with Crippen LogP contribution in [0, 0.1) is 5.92 Å². The third kappa shape index (κ3) is 3.30. The summed E-state index contributed by atoms with van der Waals surface area (Å²) in [6.07, 6.45) is 9.71. The third-order valence-electron chi connectivity index (χ3n) is 3.86. The topological polar surface area (TPSA) is 20.3 Å². The van der Waals surface area contributed by atoms with Crippen molar-refractivity contribution in [2.75, 3.05) is 19.6 Å². The smallest absolute Gasteiger partial charge is 0.137 e. The molecule has 0 N–H and O–H groups in total. The molecule has 1 atom stereocenters. The molecule has 2 aliphatic rings. The number of rotatable bonds is 2. The summed E-state index contributed by atoms with van der Waals surface area (Å²) in [5.41, 5.74) is 0. The van der Waals surface area contributed by atoms with Crippen molar-refractivity contribution in [3.8, 4) is 0 Å². The number of Topliss-reactive ketones (excluding diaryl/α,β-unsaturated/α-hetero) is 1. The molecule has 0 spiro atoms. The Balaban J connectivity index is 1.82. The Bertz CT molecular complexity index is 209. The van der Waals surface area contributed by atoms with Gasteiger partial charge in [0.25, 0.3) is 0 Å². The largest absolute Gasteiger partial charge is 0.303 e. The van der Waals surface area contributed by atoms with Crippen LogP contribution < -0.4 is 0 Å². The third-order valence-corrected chi connectivity index (χ3v) is 3.86. The second kappa shape index (κ2) is 5.64. The zero-order valence-corrected chi connectivity index (χ0v) is 9.71. The van der Waals surface area contributed by atoms with Gasteiger partial charge in [0.1, 0.15) is 5.78 Å². The number of ketones is 1. The van der Waals surface area contributed by atoms with Gasteiger partial charge in [-0.05, 0) is 38.8 Å². The predicted molar refractivity (Wildman–Crippen MR) is 61.9 cm³/mol. The highest BCUT2D eigenvalue weighted by molar-refractivity contribution is 5.81. The quantitative estimate of drug-likeness (QED) is 0.652. The Morgan fingerprint density at radius 1 is 1.00 bits per heavy atom. The molecule has 0 aromatic carbocycles. The highest BCUT2D eigenvalue weighted by atomic mass is 16.1. The minimum absolute atomic E-state index is 0.366. The second-order valence-electron chi connectivity index (χ2n) is 5.12. The molecule has 2 fully saturated rings. The Kier molecular flexibility index (Phi) is 4.18. The Labute approximate surface area is 93.0 Å². The van der Waals surface area contributed by atoms with Crippen molar-refractivity contribution in [2.24, 2.45) is 5.92 Å². The Hall–Kier alpha value is -0.370. The van der Waals surface area contributed by atoms with E-state index >= 15 is 0 Å². The second-order valence-corrected chi connectivity index (χ2v) is 5.12. The molecule has 1 saturated carbocycles. The number of carbonyl (C=O) groups is 1. The first-order valence-corrected chi connectivity index (χ1v) is 6.61. The van der Waals surface area contributed by atoms with Gasteiger partial charge >= 0.3 is 0 Å². The van der Waals surface area contributed by atoms with Crippen LogP contribution in [-0.2, 0) is 4.79 Å². The standard InChI is InChI=1S/C13H23NO/c15-13-8-4-1-3-7-12(13)11-14-9-5-2-6-10-14/h12H,1-11H2/t12-/m0/s1. The van der Waals surface area contributed by atoms with Crippen molar-refractivity contribution in [3.63, 3.8) is 0 Å². The van der Waals surface area contributed by atoms with Crippen LogP contribution in [0.5, 0.6) is 0 Å². The number of likely N-dealkylation sites (tertiary alicyclic amines) is 1. The average Bonchev–Trinajstić information content (AvgIpc) is 2.46. The first kappa shape index (κ1) is 11.1. The molecule has 0 radical (unpaired) electrons. The van der Waals surface area contributed by atoms with E-state index in [0.717, 1.165) is 25.8 Å². The van der Waals surface area contributed by atoms with Crippen LogP contribution in [0.15, 0.2) is 0 Å². The zero-order valence-electron chi connectivity index (χ0n) is 9.71. The molecule has 0 bridgehead atoms. The van der Waals surface area contributed by atoms with Crippen molar-refractivity contribution >= 4 is 5.78 Å². The highest BCUT2D eigenvalue weighted by Crippen LogP contribution is 2.22. The fraction of sp³-hybridized carbons (Fsp3) is 0.923. The molecular formula is C13H23NO. The van der Waals surface area contributed by atoms with Gasteiger partial charge in [-0.25, -0.2) is 0 Å². The van der Waals surface area contributed by atoms with Crippen LogP contribution in [0.4, 0.5) is 0 Å². The first-order chi connectivity index (χ1) is 7.36. The molecular weight excluding hydrogens is 186 g/mol. The maximum absolute atomic E-state index is 11.9. The summed E-state index contributed by atoms with van der Waals surface area (Å²) in [6.45, 7) is 3.51. The van der Waals surface area contributed by atoms with Crippen LogP contribution in [0.25, 0.3) is 0 Å². The fourth-order valence-electron chi connectivity index (χ4n) is 2.88. The van der Waals surface area contributed by atoms with E-state index < -0.39 is 0 Å². The molecule has 0 aromatic heterocycles. The SMILES string of the molecule is O=C1CCCCC[C@H]1CN1CCCCC1. The van der Waals surface area contributed by atoms with E-state index in [1.807, 2.05) is 0 Å². The summed E-state index contributed by atoms with van der Waals surface area (Å²) in [5, 5.41) is 0. The molecule has 1 aliphatic heterocycles. The lowest BCUT2D eigenvalue weighted by Gasteiger charge is -2.29. The molecule has 1 aliphatic carbocycles. The van der Waals surface area contributed by atoms with Gasteiger partial charge in [0.2, 0.25) is 0 Å². The molecule has 0 aromatic rings. The number of nitrogens with zero attached hydrogens (tertiary/aromatic N) is 1. The van der Waals surface area contributed by atoms with Crippen molar-refractivity contribution in [3.05, 3.63) is 0 Å². The lowest BCUT2D eigenvalue weighted by molar-refractivity contribution is -0.123. The van der Waals surface area contributed by atoms with E-state index in [1.165, 1.54) is 45.2 Å². The van der Waals surface area contributed by atoms with E-state index in [2.05, 4.69) is 4.90 Å². The predicted octanol–water partition coefficient (Wildman–Crippen LogP) is 2.62. The summed E-state index contributed by atoms with van der Waals surface area (Å²) in [6, 6.07) is 0. The summed E-state index contributed by atoms with van der Waals surface area (Å²) in [4.78, 5) is 14.4. The molecule has 1 saturated heterocycles. The lowest BCUT2D eigenvalue weighted by Crippen LogP contribution is -2.36. The molecule has 2 heteroatoms. The summed E-state index contributed by atoms with van der Waals surface area (Å²) in [7, 11) is 0. The van der Waals surface area contributed by atoms with Gasteiger partial charge in [-0.2, -0.15) is 0 Å². The van der Waals surface area contributed by atoms with E-state index in [9.17, 15) is 4.79 Å².